The van der Waals surface area contributed by atoms with Gasteiger partial charge in [0.25, 0.3) is 0 Å². The van der Waals surface area contributed by atoms with Crippen LogP contribution < -0.4 is 10.6 Å². The van der Waals surface area contributed by atoms with E-state index in [0.29, 0.717) is 11.5 Å². The Morgan fingerprint density at radius 2 is 2.00 bits per heavy atom. The van der Waals surface area contributed by atoms with E-state index in [1.54, 1.807) is 0 Å². The summed E-state index contributed by atoms with van der Waals surface area (Å²) in [7, 11) is 0. The highest BCUT2D eigenvalue weighted by molar-refractivity contribution is 5.37. The zero-order valence-electron chi connectivity index (χ0n) is 13.4. The Morgan fingerprint density at radius 1 is 1.30 bits per heavy atom. The second-order valence-corrected chi connectivity index (χ2v) is 6.86. The third kappa shape index (κ3) is 6.25. The summed E-state index contributed by atoms with van der Waals surface area (Å²) in [6.07, 6.45) is 7.05. The van der Waals surface area contributed by atoms with E-state index in [0.717, 1.165) is 38.0 Å². The summed E-state index contributed by atoms with van der Waals surface area (Å²) in [6, 6.07) is 0.520. The van der Waals surface area contributed by atoms with Crippen molar-refractivity contribution in [3.63, 3.8) is 0 Å². The molecule has 0 aromatic heterocycles. The van der Waals surface area contributed by atoms with Crippen LogP contribution >= 0.6 is 0 Å². The molecule has 1 unspecified atom stereocenters. The summed E-state index contributed by atoms with van der Waals surface area (Å²) in [5, 5.41) is 6.98. The van der Waals surface area contributed by atoms with Crippen molar-refractivity contribution in [3.05, 3.63) is 48.7 Å². The van der Waals surface area contributed by atoms with Crippen LogP contribution in [0.3, 0.4) is 0 Å². The van der Waals surface area contributed by atoms with Gasteiger partial charge in [-0.05, 0) is 30.3 Å². The third-order valence-corrected chi connectivity index (χ3v) is 3.41. The lowest BCUT2D eigenvalue weighted by molar-refractivity contribution is 0.397. The predicted molar refractivity (Wildman–Crippen MR) is 89.7 cm³/mol. The van der Waals surface area contributed by atoms with E-state index in [1.165, 1.54) is 11.1 Å². The van der Waals surface area contributed by atoms with Gasteiger partial charge in [0.15, 0.2) is 0 Å². The zero-order valence-corrected chi connectivity index (χ0v) is 13.4. The quantitative estimate of drug-likeness (QED) is 0.687. The molecule has 0 aliphatic heterocycles. The molecule has 0 amide bonds. The molecule has 1 aliphatic rings. The Hall–Kier alpha value is -1.28. The third-order valence-electron chi connectivity index (χ3n) is 3.41. The Labute approximate surface area is 124 Å². The molecule has 1 atom stereocenters. The summed E-state index contributed by atoms with van der Waals surface area (Å²) in [5.41, 5.74) is 4.00. The second-order valence-electron chi connectivity index (χ2n) is 6.86. The van der Waals surface area contributed by atoms with Gasteiger partial charge < -0.3 is 10.6 Å². The minimum atomic E-state index is 0.297. The van der Waals surface area contributed by atoms with Crippen LogP contribution in [0.1, 0.15) is 40.0 Å². The number of allylic oxidation sites excluding steroid dienone is 3. The van der Waals surface area contributed by atoms with Crippen molar-refractivity contribution in [1.29, 1.82) is 0 Å². The standard InChI is InChI=1S/C18H30N2/c1-7-8-16-12-17(11-14(16)2)20-10-9-19-15(3)13-18(4,5)6/h7-8,17,19-20H,1-3,9-13H2,4-6H3/b16-8-. The largest absolute Gasteiger partial charge is 0.388 e. The highest BCUT2D eigenvalue weighted by Crippen LogP contribution is 2.29. The number of hydrogen-bond acceptors (Lipinski definition) is 2. The maximum absolute atomic E-state index is 4.12. The van der Waals surface area contributed by atoms with Gasteiger partial charge in [0.2, 0.25) is 0 Å². The molecule has 0 spiro atoms. The van der Waals surface area contributed by atoms with Gasteiger partial charge in [0.1, 0.15) is 0 Å². The molecule has 112 valence electrons. The molecule has 0 aromatic rings. The predicted octanol–water partition coefficient (Wildman–Crippen LogP) is 3.95. The topological polar surface area (TPSA) is 24.1 Å². The van der Waals surface area contributed by atoms with Crippen LogP contribution in [-0.2, 0) is 0 Å². The first-order chi connectivity index (χ1) is 9.31. The average Bonchev–Trinajstić information content (AvgIpc) is 2.64. The van der Waals surface area contributed by atoms with Gasteiger partial charge in [-0.15, -0.1) is 0 Å². The van der Waals surface area contributed by atoms with Crippen molar-refractivity contribution < 1.29 is 0 Å². The fourth-order valence-electron chi connectivity index (χ4n) is 2.60. The minimum Gasteiger partial charge on any atom is -0.388 e. The van der Waals surface area contributed by atoms with Crippen molar-refractivity contribution >= 4 is 0 Å². The number of hydrogen-bond donors (Lipinski definition) is 2. The first-order valence-electron chi connectivity index (χ1n) is 7.46. The van der Waals surface area contributed by atoms with Gasteiger partial charge in [-0.2, -0.15) is 0 Å². The summed E-state index contributed by atoms with van der Waals surface area (Å²) in [6.45, 7) is 20.5. The van der Waals surface area contributed by atoms with Crippen molar-refractivity contribution in [2.45, 2.75) is 46.1 Å². The molecule has 2 N–H and O–H groups in total. The van der Waals surface area contributed by atoms with Crippen LogP contribution in [0.4, 0.5) is 0 Å². The summed E-state index contributed by atoms with van der Waals surface area (Å²) in [5.74, 6) is 0. The van der Waals surface area contributed by atoms with E-state index in [9.17, 15) is 0 Å². The van der Waals surface area contributed by atoms with Crippen LogP contribution in [0.2, 0.25) is 0 Å². The van der Waals surface area contributed by atoms with Crippen molar-refractivity contribution in [2.24, 2.45) is 5.41 Å². The highest BCUT2D eigenvalue weighted by atomic mass is 15.0. The Kier molecular flexibility index (Phi) is 6.28. The summed E-state index contributed by atoms with van der Waals surface area (Å²) < 4.78 is 0. The van der Waals surface area contributed by atoms with Gasteiger partial charge >= 0.3 is 0 Å². The van der Waals surface area contributed by atoms with Crippen LogP contribution in [0.15, 0.2) is 48.7 Å². The van der Waals surface area contributed by atoms with E-state index in [4.69, 9.17) is 0 Å². The van der Waals surface area contributed by atoms with Crippen molar-refractivity contribution in [1.82, 2.24) is 10.6 Å². The molecule has 0 aromatic carbocycles. The smallest absolute Gasteiger partial charge is 0.0269 e. The summed E-state index contributed by atoms with van der Waals surface area (Å²) >= 11 is 0. The molecule has 0 bridgehead atoms. The van der Waals surface area contributed by atoms with Gasteiger partial charge in [0, 0.05) is 24.8 Å². The lowest BCUT2D eigenvalue weighted by Gasteiger charge is -2.21. The molecular weight excluding hydrogens is 244 g/mol. The number of nitrogens with one attached hydrogen (secondary N) is 2. The molecule has 2 heteroatoms. The van der Waals surface area contributed by atoms with E-state index < -0.39 is 0 Å². The summed E-state index contributed by atoms with van der Waals surface area (Å²) in [4.78, 5) is 0. The molecule has 1 rings (SSSR count). The average molecular weight is 274 g/mol. The van der Waals surface area contributed by atoms with Gasteiger partial charge in [-0.3, -0.25) is 0 Å². The normalized spacial score (nSPS) is 21.2. The fraction of sp³-hybridized carbons (Fsp3) is 0.556. The van der Waals surface area contributed by atoms with Gasteiger partial charge in [-0.1, -0.05) is 58.2 Å². The molecule has 2 nitrogen and oxygen atoms in total. The van der Waals surface area contributed by atoms with E-state index in [1.807, 2.05) is 6.08 Å². The molecule has 1 fully saturated rings. The van der Waals surface area contributed by atoms with Crippen LogP contribution in [0.5, 0.6) is 0 Å². The van der Waals surface area contributed by atoms with Crippen molar-refractivity contribution in [3.8, 4) is 0 Å². The van der Waals surface area contributed by atoms with E-state index in [2.05, 4.69) is 57.2 Å². The molecule has 20 heavy (non-hydrogen) atoms. The molecule has 0 radical (unpaired) electrons. The molecule has 1 aliphatic carbocycles. The Balaban J connectivity index is 2.20. The van der Waals surface area contributed by atoms with Crippen molar-refractivity contribution in [2.75, 3.05) is 13.1 Å². The fourth-order valence-corrected chi connectivity index (χ4v) is 2.60. The highest BCUT2D eigenvalue weighted by Gasteiger charge is 2.21. The van der Waals surface area contributed by atoms with Crippen LogP contribution in [0, 0.1) is 5.41 Å². The Bertz CT molecular complexity index is 396. The van der Waals surface area contributed by atoms with Gasteiger partial charge in [-0.25, -0.2) is 0 Å². The van der Waals surface area contributed by atoms with E-state index in [-0.39, 0.29) is 0 Å². The maximum Gasteiger partial charge on any atom is 0.0269 e. The van der Waals surface area contributed by atoms with Gasteiger partial charge in [0.05, 0.1) is 0 Å². The minimum absolute atomic E-state index is 0.297. The lowest BCUT2D eigenvalue weighted by Crippen LogP contribution is -2.33. The molecule has 0 saturated heterocycles. The SMILES string of the molecule is C=C/C=C1/CC(NCCNC(=C)CC(C)(C)C)CC1=C. The molecular formula is C18H30N2. The zero-order chi connectivity index (χ0) is 15.2. The maximum atomic E-state index is 4.12. The molecule has 1 saturated carbocycles. The second kappa shape index (κ2) is 7.49. The van der Waals surface area contributed by atoms with Crippen LogP contribution in [-0.4, -0.2) is 19.1 Å². The Morgan fingerprint density at radius 3 is 2.60 bits per heavy atom. The first-order valence-corrected chi connectivity index (χ1v) is 7.46. The lowest BCUT2D eigenvalue weighted by atomic mass is 9.91. The van der Waals surface area contributed by atoms with Crippen LogP contribution in [0.25, 0.3) is 0 Å². The monoisotopic (exact) mass is 274 g/mol. The molecule has 0 heterocycles. The first kappa shape index (κ1) is 16.8. The number of rotatable bonds is 7. The van der Waals surface area contributed by atoms with E-state index >= 15 is 0 Å².